The quantitative estimate of drug-likeness (QED) is 0.773. The van der Waals surface area contributed by atoms with Crippen LogP contribution in [0.15, 0.2) is 18.3 Å². The number of amides is 1. The lowest BCUT2D eigenvalue weighted by atomic mass is 10.1. The third-order valence-electron chi connectivity index (χ3n) is 4.82. The summed E-state index contributed by atoms with van der Waals surface area (Å²) in [6.07, 6.45) is 5.62. The van der Waals surface area contributed by atoms with Crippen LogP contribution in [0, 0.1) is 0 Å². The SMILES string of the molecule is COCCc1ccc(-c2nc3c(c(N(C)CC(=O)NC(C)(C)C)n2)CCC3)nc1. The van der Waals surface area contributed by atoms with E-state index in [0.29, 0.717) is 12.4 Å². The molecule has 0 radical (unpaired) electrons. The summed E-state index contributed by atoms with van der Waals surface area (Å²) in [5.74, 6) is 1.42. The van der Waals surface area contributed by atoms with Crippen LogP contribution in [0.2, 0.25) is 0 Å². The lowest BCUT2D eigenvalue weighted by molar-refractivity contribution is -0.121. The number of carbonyl (C=O) groups excluding carboxylic acids is 1. The summed E-state index contributed by atoms with van der Waals surface area (Å²) < 4.78 is 5.12. The minimum absolute atomic E-state index is 0.0208. The van der Waals surface area contributed by atoms with Gasteiger partial charge in [-0.3, -0.25) is 9.78 Å². The van der Waals surface area contributed by atoms with E-state index >= 15 is 0 Å². The molecule has 0 bridgehead atoms. The fraction of sp³-hybridized carbons (Fsp3) is 0.545. The number of likely N-dealkylation sites (N-methyl/N-ethyl adjacent to an activating group) is 1. The molecule has 1 aliphatic carbocycles. The minimum Gasteiger partial charge on any atom is -0.384 e. The molecule has 7 heteroatoms. The first-order valence-electron chi connectivity index (χ1n) is 10.1. The van der Waals surface area contributed by atoms with Crippen molar-refractivity contribution in [1.82, 2.24) is 20.3 Å². The lowest BCUT2D eigenvalue weighted by Crippen LogP contribution is -2.45. The molecule has 0 atom stereocenters. The molecule has 2 aromatic heterocycles. The summed E-state index contributed by atoms with van der Waals surface area (Å²) in [5, 5.41) is 3.01. The maximum Gasteiger partial charge on any atom is 0.239 e. The number of rotatable bonds is 7. The van der Waals surface area contributed by atoms with Crippen molar-refractivity contribution in [1.29, 1.82) is 0 Å². The van der Waals surface area contributed by atoms with Gasteiger partial charge in [0.1, 0.15) is 11.5 Å². The van der Waals surface area contributed by atoms with Crippen LogP contribution in [0.5, 0.6) is 0 Å². The Labute approximate surface area is 172 Å². The number of methoxy groups -OCH3 is 1. The van der Waals surface area contributed by atoms with Crippen molar-refractivity contribution in [3.8, 4) is 11.5 Å². The maximum absolute atomic E-state index is 12.4. The van der Waals surface area contributed by atoms with Crippen LogP contribution in [-0.2, 0) is 28.8 Å². The second-order valence-corrected chi connectivity index (χ2v) is 8.60. The number of pyridine rings is 1. The summed E-state index contributed by atoms with van der Waals surface area (Å²) in [6.45, 7) is 6.86. The van der Waals surface area contributed by atoms with Gasteiger partial charge in [-0.25, -0.2) is 9.97 Å². The van der Waals surface area contributed by atoms with Gasteiger partial charge in [0.15, 0.2) is 5.82 Å². The molecule has 0 aliphatic heterocycles. The molecule has 0 fully saturated rings. The predicted octanol–water partition coefficient (Wildman–Crippen LogP) is 2.57. The third kappa shape index (κ3) is 5.50. The van der Waals surface area contributed by atoms with Crippen molar-refractivity contribution in [2.24, 2.45) is 0 Å². The summed E-state index contributed by atoms with van der Waals surface area (Å²) in [5.41, 5.74) is 3.82. The molecule has 0 spiro atoms. The molecule has 0 aromatic carbocycles. The van der Waals surface area contributed by atoms with Crippen LogP contribution in [-0.4, -0.2) is 53.7 Å². The number of nitrogens with zero attached hydrogens (tertiary/aromatic N) is 4. The van der Waals surface area contributed by atoms with E-state index < -0.39 is 0 Å². The van der Waals surface area contributed by atoms with Crippen LogP contribution in [0.1, 0.15) is 44.0 Å². The van der Waals surface area contributed by atoms with Crippen molar-refractivity contribution >= 4 is 11.7 Å². The molecule has 1 aliphatic rings. The number of hydrogen-bond donors (Lipinski definition) is 1. The fourth-order valence-electron chi connectivity index (χ4n) is 3.52. The number of aryl methyl sites for hydroxylation is 1. The number of fused-ring (bicyclic) bond motifs is 1. The van der Waals surface area contributed by atoms with Gasteiger partial charge < -0.3 is 15.0 Å². The number of nitrogens with one attached hydrogen (secondary N) is 1. The average Bonchev–Trinajstić information content (AvgIpc) is 3.13. The highest BCUT2D eigenvalue weighted by atomic mass is 16.5. The molecule has 3 rings (SSSR count). The lowest BCUT2D eigenvalue weighted by Gasteiger charge is -2.25. The first-order valence-corrected chi connectivity index (χ1v) is 10.1. The van der Waals surface area contributed by atoms with E-state index in [1.54, 1.807) is 7.11 Å². The topological polar surface area (TPSA) is 80.2 Å². The Bertz CT molecular complexity index is 859. The van der Waals surface area contributed by atoms with Gasteiger partial charge in [-0.05, 0) is 58.1 Å². The van der Waals surface area contributed by atoms with E-state index in [1.165, 1.54) is 0 Å². The molecule has 0 saturated heterocycles. The number of ether oxygens (including phenoxy) is 1. The van der Waals surface area contributed by atoms with Crippen molar-refractivity contribution < 1.29 is 9.53 Å². The van der Waals surface area contributed by atoms with Crippen molar-refractivity contribution in [3.63, 3.8) is 0 Å². The smallest absolute Gasteiger partial charge is 0.239 e. The van der Waals surface area contributed by atoms with Crippen LogP contribution in [0.25, 0.3) is 11.5 Å². The molecule has 7 nitrogen and oxygen atoms in total. The van der Waals surface area contributed by atoms with Crippen molar-refractivity contribution in [3.05, 3.63) is 35.2 Å². The summed E-state index contributed by atoms with van der Waals surface area (Å²) >= 11 is 0. The zero-order valence-electron chi connectivity index (χ0n) is 18.1. The largest absolute Gasteiger partial charge is 0.384 e. The Morgan fingerprint density at radius 1 is 1.24 bits per heavy atom. The van der Waals surface area contributed by atoms with E-state index in [-0.39, 0.29) is 18.0 Å². The van der Waals surface area contributed by atoms with Gasteiger partial charge in [0.05, 0.1) is 13.2 Å². The van der Waals surface area contributed by atoms with Gasteiger partial charge in [0, 0.05) is 37.2 Å². The Hall–Kier alpha value is -2.54. The highest BCUT2D eigenvalue weighted by molar-refractivity contribution is 5.82. The molecular formula is C22H31N5O2. The molecule has 2 heterocycles. The van der Waals surface area contributed by atoms with E-state index in [1.807, 2.05) is 51.0 Å². The van der Waals surface area contributed by atoms with E-state index in [4.69, 9.17) is 14.7 Å². The van der Waals surface area contributed by atoms with Gasteiger partial charge in [0.2, 0.25) is 5.91 Å². The van der Waals surface area contributed by atoms with Crippen LogP contribution < -0.4 is 10.2 Å². The molecule has 29 heavy (non-hydrogen) atoms. The maximum atomic E-state index is 12.4. The fourth-order valence-corrected chi connectivity index (χ4v) is 3.52. The standard InChI is InChI=1S/C22H31N5O2/c1-22(2,3)26-19(28)14-27(4)21-16-7-6-8-17(16)24-20(25-21)18-10-9-15(13-23-18)11-12-29-5/h9-10,13H,6-8,11-12,14H2,1-5H3,(H,26,28). The van der Waals surface area contributed by atoms with Crippen molar-refractivity contribution in [2.45, 2.75) is 52.0 Å². The first-order chi connectivity index (χ1) is 13.8. The van der Waals surface area contributed by atoms with Crippen molar-refractivity contribution in [2.75, 3.05) is 32.2 Å². The number of hydrogen-bond acceptors (Lipinski definition) is 6. The van der Waals surface area contributed by atoms with Gasteiger partial charge >= 0.3 is 0 Å². The highest BCUT2D eigenvalue weighted by Gasteiger charge is 2.24. The van der Waals surface area contributed by atoms with Gasteiger partial charge in [-0.2, -0.15) is 0 Å². The van der Waals surface area contributed by atoms with Gasteiger partial charge in [0.25, 0.3) is 0 Å². The third-order valence-corrected chi connectivity index (χ3v) is 4.82. The average molecular weight is 398 g/mol. The van der Waals surface area contributed by atoms with Crippen LogP contribution in [0.4, 0.5) is 5.82 Å². The van der Waals surface area contributed by atoms with E-state index in [9.17, 15) is 4.79 Å². The Morgan fingerprint density at radius 3 is 2.69 bits per heavy atom. The molecular weight excluding hydrogens is 366 g/mol. The van der Waals surface area contributed by atoms with Gasteiger partial charge in [-0.15, -0.1) is 0 Å². The summed E-state index contributed by atoms with van der Waals surface area (Å²) in [6, 6.07) is 4.00. The van der Waals surface area contributed by atoms with Gasteiger partial charge in [-0.1, -0.05) is 6.07 Å². The Morgan fingerprint density at radius 2 is 2.03 bits per heavy atom. The monoisotopic (exact) mass is 397 g/mol. The molecule has 0 saturated carbocycles. The second kappa shape index (κ2) is 8.86. The van der Waals surface area contributed by atoms with Crippen LogP contribution in [0.3, 0.4) is 0 Å². The van der Waals surface area contributed by atoms with Crippen LogP contribution >= 0.6 is 0 Å². The molecule has 1 N–H and O–H groups in total. The summed E-state index contributed by atoms with van der Waals surface area (Å²) in [4.78, 5) is 28.5. The molecule has 2 aromatic rings. The second-order valence-electron chi connectivity index (χ2n) is 8.60. The molecule has 156 valence electrons. The Kier molecular flexibility index (Phi) is 6.47. The molecule has 0 unspecified atom stereocenters. The molecule has 1 amide bonds. The number of aromatic nitrogens is 3. The van der Waals surface area contributed by atoms with E-state index in [2.05, 4.69) is 10.3 Å². The highest BCUT2D eigenvalue weighted by Crippen LogP contribution is 2.30. The summed E-state index contributed by atoms with van der Waals surface area (Å²) in [7, 11) is 3.61. The zero-order valence-corrected chi connectivity index (χ0v) is 18.1. The normalized spacial score (nSPS) is 13.3. The number of anilines is 1. The minimum atomic E-state index is -0.259. The Balaban J connectivity index is 1.85. The van der Waals surface area contributed by atoms with E-state index in [0.717, 1.165) is 54.0 Å². The first kappa shape index (κ1) is 21.2. The predicted molar refractivity (Wildman–Crippen MR) is 114 cm³/mol. The zero-order chi connectivity index (χ0) is 21.0. The number of carbonyl (C=O) groups is 1.